The van der Waals surface area contributed by atoms with E-state index in [1.54, 1.807) is 25.3 Å². The van der Waals surface area contributed by atoms with Crippen LogP contribution >= 0.6 is 12.2 Å². The summed E-state index contributed by atoms with van der Waals surface area (Å²) in [4.78, 5) is 26.3. The number of nitrogens with one attached hydrogen (secondary N) is 2. The molecular weight excluding hydrogens is 426 g/mol. The van der Waals surface area contributed by atoms with Gasteiger partial charge in [-0.2, -0.15) is 0 Å². The number of carbonyl (C=O) groups is 2. The van der Waals surface area contributed by atoms with Crippen LogP contribution in [0, 0.1) is 0 Å². The summed E-state index contributed by atoms with van der Waals surface area (Å²) in [5.41, 5.74) is 2.81. The van der Waals surface area contributed by atoms with Gasteiger partial charge in [-0.25, -0.2) is 0 Å². The van der Waals surface area contributed by atoms with Crippen LogP contribution in [0.3, 0.4) is 0 Å². The average Bonchev–Trinajstić information content (AvgIpc) is 3.14. The van der Waals surface area contributed by atoms with E-state index in [9.17, 15) is 9.59 Å². The minimum Gasteiger partial charge on any atom is -0.493 e. The zero-order valence-corrected chi connectivity index (χ0v) is 18.7. The quantitative estimate of drug-likeness (QED) is 0.519. The van der Waals surface area contributed by atoms with Crippen LogP contribution < -0.4 is 20.1 Å². The number of hydrogen-bond acceptors (Lipinski definition) is 5. The number of likely N-dealkylation sites (tertiary alicyclic amines) is 1. The van der Waals surface area contributed by atoms with Crippen LogP contribution in [0.2, 0.25) is 0 Å². The Morgan fingerprint density at radius 3 is 2.47 bits per heavy atom. The first kappa shape index (κ1) is 21.8. The van der Waals surface area contributed by atoms with Crippen molar-refractivity contribution in [3.8, 4) is 11.5 Å². The lowest BCUT2D eigenvalue weighted by molar-refractivity contribution is -0.115. The second-order valence-corrected chi connectivity index (χ2v) is 8.12. The summed E-state index contributed by atoms with van der Waals surface area (Å²) >= 11 is 4.95. The first-order chi connectivity index (χ1) is 15.5. The molecule has 2 aliphatic rings. The maximum atomic E-state index is 12.6. The molecule has 0 aliphatic carbocycles. The van der Waals surface area contributed by atoms with Crippen molar-refractivity contribution in [3.63, 3.8) is 0 Å². The summed E-state index contributed by atoms with van der Waals surface area (Å²) in [5, 5.41) is 5.63. The zero-order chi connectivity index (χ0) is 22.5. The Balaban J connectivity index is 1.40. The molecule has 32 heavy (non-hydrogen) atoms. The SMILES string of the molecule is COc1cc(/C=C2/NC(=S)NC2=O)ccc1OCc1ccc(C(=O)N2CCCCC2)cc1. The van der Waals surface area contributed by atoms with Crippen molar-refractivity contribution in [2.75, 3.05) is 20.2 Å². The fourth-order valence-corrected chi connectivity index (χ4v) is 3.93. The van der Waals surface area contributed by atoms with Crippen LogP contribution in [0.4, 0.5) is 0 Å². The van der Waals surface area contributed by atoms with E-state index in [4.69, 9.17) is 21.7 Å². The molecule has 2 aromatic rings. The maximum Gasteiger partial charge on any atom is 0.273 e. The summed E-state index contributed by atoms with van der Waals surface area (Å²) < 4.78 is 11.4. The van der Waals surface area contributed by atoms with Gasteiger partial charge in [-0.05, 0) is 72.9 Å². The van der Waals surface area contributed by atoms with Gasteiger partial charge in [0.25, 0.3) is 11.8 Å². The number of rotatable bonds is 6. The average molecular weight is 452 g/mol. The van der Waals surface area contributed by atoms with Crippen LogP contribution in [0.5, 0.6) is 11.5 Å². The molecule has 0 spiro atoms. The molecule has 0 aromatic heterocycles. The highest BCUT2D eigenvalue weighted by atomic mass is 32.1. The van der Waals surface area contributed by atoms with Crippen molar-refractivity contribution in [3.05, 3.63) is 64.9 Å². The predicted octanol–water partition coefficient (Wildman–Crippen LogP) is 3.25. The van der Waals surface area contributed by atoms with Crippen molar-refractivity contribution >= 4 is 35.2 Å². The van der Waals surface area contributed by atoms with Gasteiger partial charge < -0.3 is 19.7 Å². The molecule has 2 amide bonds. The third-order valence-electron chi connectivity index (χ3n) is 5.46. The second-order valence-electron chi connectivity index (χ2n) is 7.72. The Labute approximate surface area is 192 Å². The van der Waals surface area contributed by atoms with Gasteiger partial charge in [-0.3, -0.25) is 14.9 Å². The first-order valence-electron chi connectivity index (χ1n) is 10.6. The van der Waals surface area contributed by atoms with E-state index in [0.29, 0.717) is 29.4 Å². The molecule has 2 fully saturated rings. The molecule has 0 atom stereocenters. The van der Waals surface area contributed by atoms with Crippen LogP contribution in [-0.2, 0) is 11.4 Å². The lowest BCUT2D eigenvalue weighted by atomic mass is 10.1. The number of nitrogens with zero attached hydrogens (tertiary/aromatic N) is 1. The number of hydrogen-bond donors (Lipinski definition) is 2. The zero-order valence-electron chi connectivity index (χ0n) is 17.8. The number of ether oxygens (including phenoxy) is 2. The summed E-state index contributed by atoms with van der Waals surface area (Å²) in [6.07, 6.45) is 5.04. The smallest absolute Gasteiger partial charge is 0.273 e. The van der Waals surface area contributed by atoms with Crippen molar-refractivity contribution in [2.45, 2.75) is 25.9 Å². The van der Waals surface area contributed by atoms with E-state index in [1.807, 2.05) is 35.2 Å². The normalized spacial score (nSPS) is 17.2. The fraction of sp³-hybridized carbons (Fsp3) is 0.292. The van der Waals surface area contributed by atoms with E-state index >= 15 is 0 Å². The number of thiocarbonyl (C=S) groups is 1. The molecule has 2 saturated heterocycles. The van der Waals surface area contributed by atoms with Gasteiger partial charge in [-0.1, -0.05) is 18.2 Å². The number of benzene rings is 2. The summed E-state index contributed by atoms with van der Waals surface area (Å²) in [5.74, 6) is 0.964. The third kappa shape index (κ3) is 5.08. The Morgan fingerprint density at radius 2 is 1.81 bits per heavy atom. The minimum absolute atomic E-state index is 0.0924. The van der Waals surface area contributed by atoms with Crippen LogP contribution in [0.25, 0.3) is 6.08 Å². The van der Waals surface area contributed by atoms with Gasteiger partial charge in [0.1, 0.15) is 12.3 Å². The lowest BCUT2D eigenvalue weighted by Crippen LogP contribution is -2.35. The van der Waals surface area contributed by atoms with Crippen molar-refractivity contribution in [2.24, 2.45) is 0 Å². The van der Waals surface area contributed by atoms with Crippen LogP contribution in [0.1, 0.15) is 40.7 Å². The Bertz CT molecular complexity index is 1060. The van der Waals surface area contributed by atoms with Crippen LogP contribution in [0.15, 0.2) is 48.2 Å². The molecule has 166 valence electrons. The summed E-state index contributed by atoms with van der Waals surface area (Å²) in [7, 11) is 1.57. The van der Waals surface area contributed by atoms with E-state index in [0.717, 1.165) is 37.1 Å². The molecular formula is C24H25N3O4S. The Morgan fingerprint density at radius 1 is 1.06 bits per heavy atom. The van der Waals surface area contributed by atoms with Crippen molar-refractivity contribution in [1.82, 2.24) is 15.5 Å². The molecule has 2 aliphatic heterocycles. The van der Waals surface area contributed by atoms with Gasteiger partial charge in [0.2, 0.25) is 0 Å². The van der Waals surface area contributed by atoms with E-state index in [-0.39, 0.29) is 16.9 Å². The van der Waals surface area contributed by atoms with Crippen molar-refractivity contribution in [1.29, 1.82) is 0 Å². The van der Waals surface area contributed by atoms with Crippen LogP contribution in [-0.4, -0.2) is 42.0 Å². The first-order valence-corrected chi connectivity index (χ1v) is 11.0. The fourth-order valence-electron chi connectivity index (χ4n) is 3.73. The highest BCUT2D eigenvalue weighted by Gasteiger charge is 2.20. The molecule has 7 nitrogen and oxygen atoms in total. The number of methoxy groups -OCH3 is 1. The minimum atomic E-state index is -0.267. The Hall–Kier alpha value is -3.39. The largest absolute Gasteiger partial charge is 0.493 e. The maximum absolute atomic E-state index is 12.6. The molecule has 0 saturated carbocycles. The molecule has 2 N–H and O–H groups in total. The van der Waals surface area contributed by atoms with E-state index < -0.39 is 0 Å². The standard InChI is InChI=1S/C24H25N3O4S/c1-30-21-14-17(13-19-22(28)26-24(32)25-19)7-10-20(21)31-15-16-5-8-18(9-6-16)23(29)27-11-3-2-4-12-27/h5-10,13-14H,2-4,11-12,15H2,1H3,(H2,25,26,28,32)/b19-13+. The molecule has 2 heterocycles. The van der Waals surface area contributed by atoms with Gasteiger partial charge in [-0.15, -0.1) is 0 Å². The number of amides is 2. The lowest BCUT2D eigenvalue weighted by Gasteiger charge is -2.26. The number of piperidine rings is 1. The third-order valence-corrected chi connectivity index (χ3v) is 5.66. The molecule has 2 aromatic carbocycles. The topological polar surface area (TPSA) is 79.9 Å². The molecule has 0 bridgehead atoms. The second kappa shape index (κ2) is 9.82. The van der Waals surface area contributed by atoms with Crippen molar-refractivity contribution < 1.29 is 19.1 Å². The molecule has 8 heteroatoms. The number of carbonyl (C=O) groups excluding carboxylic acids is 2. The van der Waals surface area contributed by atoms with Gasteiger partial charge in [0, 0.05) is 18.7 Å². The highest BCUT2D eigenvalue weighted by molar-refractivity contribution is 7.80. The summed E-state index contributed by atoms with van der Waals surface area (Å²) in [6, 6.07) is 13.0. The molecule has 4 rings (SSSR count). The molecule has 0 unspecified atom stereocenters. The van der Waals surface area contributed by atoms with E-state index in [2.05, 4.69) is 10.6 Å². The van der Waals surface area contributed by atoms with Gasteiger partial charge in [0.15, 0.2) is 16.6 Å². The highest BCUT2D eigenvalue weighted by Crippen LogP contribution is 2.30. The predicted molar refractivity (Wildman–Crippen MR) is 125 cm³/mol. The van der Waals surface area contributed by atoms with Gasteiger partial charge in [0.05, 0.1) is 7.11 Å². The van der Waals surface area contributed by atoms with Gasteiger partial charge >= 0.3 is 0 Å². The summed E-state index contributed by atoms with van der Waals surface area (Å²) in [6.45, 7) is 2.01. The monoisotopic (exact) mass is 451 g/mol. The Kier molecular flexibility index (Phi) is 6.70. The molecule has 0 radical (unpaired) electrons. The van der Waals surface area contributed by atoms with E-state index in [1.165, 1.54) is 6.42 Å².